The number of nitrogens with one attached hydrogen (secondary N) is 1. The zero-order valence-electron chi connectivity index (χ0n) is 18.5. The predicted molar refractivity (Wildman–Crippen MR) is 128 cm³/mol. The average Bonchev–Trinajstić information content (AvgIpc) is 2.95. The number of benzene rings is 3. The summed E-state index contributed by atoms with van der Waals surface area (Å²) in [6, 6.07) is 19.9. The van der Waals surface area contributed by atoms with E-state index in [2.05, 4.69) is 5.32 Å². The van der Waals surface area contributed by atoms with Gasteiger partial charge in [0.2, 0.25) is 0 Å². The minimum Gasteiger partial charge on any atom is -0.497 e. The maximum atomic E-state index is 13.2. The monoisotopic (exact) mass is 464 g/mol. The van der Waals surface area contributed by atoms with Crippen molar-refractivity contribution < 1.29 is 19.1 Å². The molecule has 33 heavy (non-hydrogen) atoms. The number of anilines is 1. The van der Waals surface area contributed by atoms with Gasteiger partial charge < -0.3 is 19.7 Å². The molecule has 170 valence electrons. The molecule has 6 nitrogen and oxygen atoms in total. The SMILES string of the molecule is CC[C@H]1Oc2ccc(NC(=O)c3ccccc3Cl)cc2CN(Cc2cccc(OC)c2)C1=O. The van der Waals surface area contributed by atoms with Gasteiger partial charge in [0.25, 0.3) is 11.8 Å². The van der Waals surface area contributed by atoms with E-state index in [-0.39, 0.29) is 11.8 Å². The fourth-order valence-corrected chi connectivity index (χ4v) is 4.03. The summed E-state index contributed by atoms with van der Waals surface area (Å²) in [6.45, 7) is 2.71. The lowest BCUT2D eigenvalue weighted by Gasteiger charge is -2.23. The quantitative estimate of drug-likeness (QED) is 0.537. The topological polar surface area (TPSA) is 67.9 Å². The molecule has 0 spiro atoms. The van der Waals surface area contributed by atoms with E-state index in [4.69, 9.17) is 21.1 Å². The number of ether oxygens (including phenoxy) is 2. The molecule has 1 atom stereocenters. The second-order valence-corrected chi connectivity index (χ2v) is 8.22. The lowest BCUT2D eigenvalue weighted by molar-refractivity contribution is -0.139. The Morgan fingerprint density at radius 1 is 1.15 bits per heavy atom. The van der Waals surface area contributed by atoms with Crippen molar-refractivity contribution in [3.05, 3.63) is 88.4 Å². The van der Waals surface area contributed by atoms with E-state index in [9.17, 15) is 9.59 Å². The lowest BCUT2D eigenvalue weighted by atomic mass is 10.1. The molecule has 1 aliphatic heterocycles. The van der Waals surface area contributed by atoms with E-state index < -0.39 is 6.10 Å². The molecule has 2 amide bonds. The molecule has 0 bridgehead atoms. The Kier molecular flexibility index (Phi) is 6.84. The van der Waals surface area contributed by atoms with E-state index in [0.717, 1.165) is 16.9 Å². The van der Waals surface area contributed by atoms with Gasteiger partial charge in [-0.05, 0) is 54.4 Å². The first-order valence-electron chi connectivity index (χ1n) is 10.8. The number of fused-ring (bicyclic) bond motifs is 1. The minimum absolute atomic E-state index is 0.0711. The predicted octanol–water partition coefficient (Wildman–Crippen LogP) is 5.30. The zero-order chi connectivity index (χ0) is 23.4. The lowest BCUT2D eigenvalue weighted by Crippen LogP contribution is -2.38. The van der Waals surface area contributed by atoms with E-state index in [1.165, 1.54) is 0 Å². The Morgan fingerprint density at radius 2 is 1.97 bits per heavy atom. The first-order chi connectivity index (χ1) is 16.0. The molecule has 7 heteroatoms. The first-order valence-corrected chi connectivity index (χ1v) is 11.1. The Hall–Kier alpha value is -3.51. The van der Waals surface area contributed by atoms with Crippen LogP contribution in [-0.4, -0.2) is 29.9 Å². The van der Waals surface area contributed by atoms with Crippen LogP contribution in [0.15, 0.2) is 66.7 Å². The van der Waals surface area contributed by atoms with Gasteiger partial charge in [-0.2, -0.15) is 0 Å². The number of nitrogens with zero attached hydrogens (tertiary/aromatic N) is 1. The molecule has 3 aromatic rings. The summed E-state index contributed by atoms with van der Waals surface area (Å²) in [7, 11) is 1.62. The molecule has 3 aromatic carbocycles. The zero-order valence-corrected chi connectivity index (χ0v) is 19.3. The van der Waals surface area contributed by atoms with Crippen LogP contribution in [0.1, 0.15) is 34.8 Å². The highest BCUT2D eigenvalue weighted by Crippen LogP contribution is 2.31. The molecule has 0 radical (unpaired) electrons. The molecule has 0 fully saturated rings. The van der Waals surface area contributed by atoms with Crippen LogP contribution in [0.3, 0.4) is 0 Å². The maximum Gasteiger partial charge on any atom is 0.264 e. The van der Waals surface area contributed by atoms with Gasteiger partial charge in [0.05, 0.1) is 17.7 Å². The van der Waals surface area contributed by atoms with Crippen LogP contribution in [0, 0.1) is 0 Å². The summed E-state index contributed by atoms with van der Waals surface area (Å²) >= 11 is 6.15. The molecule has 0 aliphatic carbocycles. The average molecular weight is 465 g/mol. The summed E-state index contributed by atoms with van der Waals surface area (Å²) in [5, 5.41) is 3.27. The van der Waals surface area contributed by atoms with E-state index in [1.54, 1.807) is 48.4 Å². The molecular formula is C26H25ClN2O4. The summed E-state index contributed by atoms with van der Waals surface area (Å²) < 4.78 is 11.4. The minimum atomic E-state index is -0.569. The van der Waals surface area contributed by atoms with Crippen LogP contribution in [0.4, 0.5) is 5.69 Å². The number of methoxy groups -OCH3 is 1. The largest absolute Gasteiger partial charge is 0.497 e. The number of amides is 2. The highest BCUT2D eigenvalue weighted by molar-refractivity contribution is 6.34. The molecule has 1 N–H and O–H groups in total. The summed E-state index contributed by atoms with van der Waals surface area (Å²) in [6.07, 6.45) is -0.0156. The second kappa shape index (κ2) is 9.96. The van der Waals surface area contributed by atoms with Crippen molar-refractivity contribution in [1.82, 2.24) is 4.90 Å². The molecule has 1 aliphatic rings. The third-order valence-corrected chi connectivity index (χ3v) is 5.86. The third kappa shape index (κ3) is 5.12. The van der Waals surface area contributed by atoms with Crippen molar-refractivity contribution in [3.8, 4) is 11.5 Å². The summed E-state index contributed by atoms with van der Waals surface area (Å²) in [5.74, 6) is 1.01. The molecule has 0 aromatic heterocycles. The fraction of sp³-hybridized carbons (Fsp3) is 0.231. The number of rotatable bonds is 6. The van der Waals surface area contributed by atoms with Crippen molar-refractivity contribution in [3.63, 3.8) is 0 Å². The first kappa shape index (κ1) is 22.7. The smallest absolute Gasteiger partial charge is 0.264 e. The van der Waals surface area contributed by atoms with Gasteiger partial charge in [0.1, 0.15) is 11.5 Å². The maximum absolute atomic E-state index is 13.2. The molecular weight excluding hydrogens is 440 g/mol. The standard InChI is InChI=1S/C26H25ClN2O4/c1-3-23-26(31)29(15-17-7-6-8-20(13-17)32-2)16-18-14-19(11-12-24(18)33-23)28-25(30)21-9-4-5-10-22(21)27/h4-14,23H,3,15-16H2,1-2H3,(H,28,30)/t23-/m1/s1. The second-order valence-electron chi connectivity index (χ2n) is 7.82. The van der Waals surface area contributed by atoms with Crippen molar-refractivity contribution in [1.29, 1.82) is 0 Å². The van der Waals surface area contributed by atoms with Gasteiger partial charge in [0.15, 0.2) is 6.10 Å². The van der Waals surface area contributed by atoms with Crippen LogP contribution in [0.5, 0.6) is 11.5 Å². The Bertz CT molecular complexity index is 1180. The van der Waals surface area contributed by atoms with Gasteiger partial charge in [-0.3, -0.25) is 9.59 Å². The van der Waals surface area contributed by atoms with Crippen LogP contribution in [-0.2, 0) is 17.9 Å². The fourth-order valence-electron chi connectivity index (χ4n) is 3.81. The van der Waals surface area contributed by atoms with Crippen molar-refractivity contribution in [2.45, 2.75) is 32.5 Å². The Balaban J connectivity index is 1.60. The van der Waals surface area contributed by atoms with E-state index >= 15 is 0 Å². The van der Waals surface area contributed by atoms with Gasteiger partial charge >= 0.3 is 0 Å². The van der Waals surface area contributed by atoms with Crippen molar-refractivity contribution in [2.75, 3.05) is 12.4 Å². The van der Waals surface area contributed by atoms with Crippen LogP contribution < -0.4 is 14.8 Å². The number of hydrogen-bond acceptors (Lipinski definition) is 4. The molecule has 1 heterocycles. The van der Waals surface area contributed by atoms with Gasteiger partial charge in [-0.1, -0.05) is 42.8 Å². The van der Waals surface area contributed by atoms with Crippen LogP contribution in [0.25, 0.3) is 0 Å². The summed E-state index contributed by atoms with van der Waals surface area (Å²) in [4.78, 5) is 27.6. The third-order valence-electron chi connectivity index (χ3n) is 5.53. The van der Waals surface area contributed by atoms with Crippen molar-refractivity contribution in [2.24, 2.45) is 0 Å². The highest BCUT2D eigenvalue weighted by Gasteiger charge is 2.30. The molecule has 0 unspecified atom stereocenters. The van der Waals surface area contributed by atoms with Crippen LogP contribution in [0.2, 0.25) is 5.02 Å². The number of halogens is 1. The summed E-state index contributed by atoms with van der Waals surface area (Å²) in [5.41, 5.74) is 2.78. The van der Waals surface area contributed by atoms with Gasteiger partial charge in [0, 0.05) is 24.3 Å². The number of hydrogen-bond donors (Lipinski definition) is 1. The number of carbonyl (C=O) groups is 2. The van der Waals surface area contributed by atoms with Crippen LogP contribution >= 0.6 is 11.6 Å². The highest BCUT2D eigenvalue weighted by atomic mass is 35.5. The number of carbonyl (C=O) groups excluding carboxylic acids is 2. The Labute approximate surface area is 198 Å². The van der Waals surface area contributed by atoms with Gasteiger partial charge in [-0.15, -0.1) is 0 Å². The molecule has 0 saturated heterocycles. The Morgan fingerprint density at radius 3 is 2.73 bits per heavy atom. The van der Waals surface area contributed by atoms with E-state index in [0.29, 0.717) is 41.5 Å². The molecule has 4 rings (SSSR count). The molecule has 0 saturated carbocycles. The van der Waals surface area contributed by atoms with Gasteiger partial charge in [-0.25, -0.2) is 0 Å². The van der Waals surface area contributed by atoms with Crippen molar-refractivity contribution >= 4 is 29.1 Å². The van der Waals surface area contributed by atoms with E-state index in [1.807, 2.05) is 37.3 Å². The normalized spacial score (nSPS) is 15.3.